The van der Waals surface area contributed by atoms with Crippen molar-refractivity contribution in [2.75, 3.05) is 19.8 Å². The molecule has 2 aliphatic heterocycles. The summed E-state index contributed by atoms with van der Waals surface area (Å²) in [5.41, 5.74) is 5.87. The van der Waals surface area contributed by atoms with Gasteiger partial charge in [0, 0.05) is 31.8 Å². The van der Waals surface area contributed by atoms with E-state index in [0.717, 1.165) is 12.8 Å². The molecule has 2 saturated heterocycles. The summed E-state index contributed by atoms with van der Waals surface area (Å²) in [5, 5.41) is -0.256. The molecule has 0 aliphatic carbocycles. The largest absolute Gasteiger partial charge is 0.381 e. The molecule has 2 unspecified atom stereocenters. The molecule has 17 heavy (non-hydrogen) atoms. The highest BCUT2D eigenvalue weighted by molar-refractivity contribution is 7.89. The first-order chi connectivity index (χ1) is 8.01. The highest BCUT2D eigenvalue weighted by atomic mass is 32.2. The maximum absolute atomic E-state index is 12.5. The van der Waals surface area contributed by atoms with Gasteiger partial charge in [0.1, 0.15) is 0 Å². The first-order valence-corrected chi connectivity index (χ1v) is 7.86. The third kappa shape index (κ3) is 2.81. The number of nitrogens with two attached hydrogens (primary N) is 1. The minimum absolute atomic E-state index is 0.0339. The summed E-state index contributed by atoms with van der Waals surface area (Å²) in [6, 6.07) is 0.178. The van der Waals surface area contributed by atoms with Gasteiger partial charge in [0.15, 0.2) is 0 Å². The molecular formula is C11H22N2O3S. The number of sulfonamides is 1. The van der Waals surface area contributed by atoms with Crippen LogP contribution in [0.4, 0.5) is 0 Å². The van der Waals surface area contributed by atoms with Crippen molar-refractivity contribution in [2.24, 2.45) is 5.73 Å². The Morgan fingerprint density at radius 2 is 1.88 bits per heavy atom. The number of rotatable bonds is 2. The maximum atomic E-state index is 12.5. The van der Waals surface area contributed by atoms with Crippen molar-refractivity contribution >= 4 is 10.0 Å². The van der Waals surface area contributed by atoms with E-state index in [9.17, 15) is 8.42 Å². The van der Waals surface area contributed by atoms with Gasteiger partial charge in [-0.1, -0.05) is 0 Å². The van der Waals surface area contributed by atoms with E-state index in [2.05, 4.69) is 0 Å². The minimum atomic E-state index is -3.16. The van der Waals surface area contributed by atoms with Gasteiger partial charge in [-0.05, 0) is 32.6 Å². The second-order valence-electron chi connectivity index (χ2n) is 5.10. The van der Waals surface area contributed by atoms with Gasteiger partial charge < -0.3 is 10.5 Å². The van der Waals surface area contributed by atoms with Crippen LogP contribution in [0.5, 0.6) is 0 Å². The average Bonchev–Trinajstić information content (AvgIpc) is 2.29. The highest BCUT2D eigenvalue weighted by Crippen LogP contribution is 2.26. The zero-order chi connectivity index (χ0) is 12.5. The third-order valence-electron chi connectivity index (χ3n) is 3.77. The van der Waals surface area contributed by atoms with Crippen molar-refractivity contribution in [2.45, 2.75) is 49.9 Å². The van der Waals surface area contributed by atoms with Crippen molar-refractivity contribution in [3.8, 4) is 0 Å². The van der Waals surface area contributed by atoms with E-state index in [1.54, 1.807) is 4.31 Å². The van der Waals surface area contributed by atoms with Crippen LogP contribution in [0.3, 0.4) is 0 Å². The Bertz CT molecular complexity index is 352. The van der Waals surface area contributed by atoms with Crippen LogP contribution in [0, 0.1) is 0 Å². The van der Waals surface area contributed by atoms with Crippen LogP contribution < -0.4 is 5.73 Å². The van der Waals surface area contributed by atoms with E-state index in [0.29, 0.717) is 32.6 Å². The van der Waals surface area contributed by atoms with Gasteiger partial charge in [0.2, 0.25) is 10.0 Å². The minimum Gasteiger partial charge on any atom is -0.381 e. The monoisotopic (exact) mass is 262 g/mol. The molecule has 5 nitrogen and oxygen atoms in total. The van der Waals surface area contributed by atoms with Crippen molar-refractivity contribution in [1.29, 1.82) is 0 Å². The summed E-state index contributed by atoms with van der Waals surface area (Å²) in [5.74, 6) is 0. The topological polar surface area (TPSA) is 72.6 Å². The van der Waals surface area contributed by atoms with Crippen LogP contribution in [0.2, 0.25) is 0 Å². The number of hydrogen-bond acceptors (Lipinski definition) is 4. The molecule has 2 aliphatic rings. The maximum Gasteiger partial charge on any atom is 0.217 e. The second kappa shape index (κ2) is 5.22. The average molecular weight is 262 g/mol. The van der Waals surface area contributed by atoms with E-state index in [1.165, 1.54) is 0 Å². The van der Waals surface area contributed by atoms with Gasteiger partial charge >= 0.3 is 0 Å². The van der Waals surface area contributed by atoms with Gasteiger partial charge in [-0.2, -0.15) is 4.31 Å². The molecule has 2 rings (SSSR count). The molecule has 100 valence electrons. The molecule has 0 bridgehead atoms. The van der Waals surface area contributed by atoms with E-state index in [-0.39, 0.29) is 17.3 Å². The molecule has 0 amide bonds. The fraction of sp³-hybridized carbons (Fsp3) is 1.00. The van der Waals surface area contributed by atoms with Crippen LogP contribution in [0.1, 0.15) is 32.6 Å². The van der Waals surface area contributed by atoms with E-state index >= 15 is 0 Å². The lowest BCUT2D eigenvalue weighted by Gasteiger charge is -2.38. The number of nitrogens with zero attached hydrogens (tertiary/aromatic N) is 1. The fourth-order valence-electron chi connectivity index (χ4n) is 2.73. The first-order valence-electron chi connectivity index (χ1n) is 6.36. The SMILES string of the molecule is CC1CC(N)CCN1S(=O)(=O)C1CCOCC1. The Balaban J connectivity index is 2.08. The Kier molecular flexibility index (Phi) is 4.07. The predicted octanol–water partition coefficient (Wildman–Crippen LogP) is 0.307. The first kappa shape index (κ1) is 13.3. The van der Waals surface area contributed by atoms with Gasteiger partial charge in [-0.3, -0.25) is 0 Å². The molecule has 6 heteroatoms. The number of piperidine rings is 1. The summed E-state index contributed by atoms with van der Waals surface area (Å²) in [6.07, 6.45) is 2.78. The van der Waals surface area contributed by atoms with Crippen molar-refractivity contribution in [3.05, 3.63) is 0 Å². The lowest BCUT2D eigenvalue weighted by atomic mass is 10.0. The summed E-state index contributed by atoms with van der Waals surface area (Å²) in [6.45, 7) is 3.65. The molecule has 0 spiro atoms. The lowest BCUT2D eigenvalue weighted by molar-refractivity contribution is 0.0962. The van der Waals surface area contributed by atoms with E-state index in [1.807, 2.05) is 6.92 Å². The number of ether oxygens (including phenoxy) is 1. The van der Waals surface area contributed by atoms with E-state index < -0.39 is 10.0 Å². The molecule has 0 radical (unpaired) electrons. The van der Waals surface area contributed by atoms with Crippen molar-refractivity contribution < 1.29 is 13.2 Å². The van der Waals surface area contributed by atoms with E-state index in [4.69, 9.17) is 10.5 Å². The predicted molar refractivity (Wildman–Crippen MR) is 66.1 cm³/mol. The Hall–Kier alpha value is -0.170. The van der Waals surface area contributed by atoms with Gasteiger partial charge in [0.05, 0.1) is 5.25 Å². The van der Waals surface area contributed by atoms with Gasteiger partial charge in [-0.15, -0.1) is 0 Å². The lowest BCUT2D eigenvalue weighted by Crippen LogP contribution is -2.51. The molecule has 2 atom stereocenters. The molecule has 0 aromatic rings. The summed E-state index contributed by atoms with van der Waals surface area (Å²) >= 11 is 0. The summed E-state index contributed by atoms with van der Waals surface area (Å²) in [7, 11) is -3.16. The normalized spacial score (nSPS) is 33.8. The summed E-state index contributed by atoms with van der Waals surface area (Å²) < 4.78 is 31.9. The Morgan fingerprint density at radius 1 is 1.24 bits per heavy atom. The molecular weight excluding hydrogens is 240 g/mol. The molecule has 0 aromatic carbocycles. The highest BCUT2D eigenvalue weighted by Gasteiger charge is 2.38. The van der Waals surface area contributed by atoms with Crippen LogP contribution >= 0.6 is 0 Å². The molecule has 2 heterocycles. The quantitative estimate of drug-likeness (QED) is 0.777. The van der Waals surface area contributed by atoms with Crippen molar-refractivity contribution in [3.63, 3.8) is 0 Å². The smallest absolute Gasteiger partial charge is 0.217 e. The molecule has 0 saturated carbocycles. The fourth-order valence-corrected chi connectivity index (χ4v) is 4.85. The van der Waals surface area contributed by atoms with Gasteiger partial charge in [0.25, 0.3) is 0 Å². The zero-order valence-corrected chi connectivity index (χ0v) is 11.2. The molecule has 0 aromatic heterocycles. The van der Waals surface area contributed by atoms with Crippen LogP contribution in [-0.4, -0.2) is 49.8 Å². The van der Waals surface area contributed by atoms with Crippen LogP contribution in [0.25, 0.3) is 0 Å². The molecule has 2 N–H and O–H groups in total. The standard InChI is InChI=1S/C11H22N2O3S/c1-9-8-10(12)2-5-13(9)17(14,15)11-3-6-16-7-4-11/h9-11H,2-8,12H2,1H3. The van der Waals surface area contributed by atoms with Crippen LogP contribution in [0.15, 0.2) is 0 Å². The Morgan fingerprint density at radius 3 is 2.47 bits per heavy atom. The molecule has 2 fully saturated rings. The number of hydrogen-bond donors (Lipinski definition) is 1. The second-order valence-corrected chi connectivity index (χ2v) is 7.27. The Labute approximate surface area is 103 Å². The van der Waals surface area contributed by atoms with Crippen molar-refractivity contribution in [1.82, 2.24) is 4.31 Å². The zero-order valence-electron chi connectivity index (χ0n) is 10.3. The third-order valence-corrected chi connectivity index (χ3v) is 6.28. The summed E-state index contributed by atoms with van der Waals surface area (Å²) in [4.78, 5) is 0. The van der Waals surface area contributed by atoms with Crippen LogP contribution in [-0.2, 0) is 14.8 Å². The van der Waals surface area contributed by atoms with Gasteiger partial charge in [-0.25, -0.2) is 8.42 Å².